The van der Waals surface area contributed by atoms with Crippen molar-refractivity contribution in [3.8, 4) is 5.19 Å². The van der Waals surface area contributed by atoms with E-state index >= 15 is 0 Å². The smallest absolute Gasteiger partial charge is 0.275 e. The van der Waals surface area contributed by atoms with Gasteiger partial charge in [-0.1, -0.05) is 48.4 Å². The van der Waals surface area contributed by atoms with Crippen molar-refractivity contribution in [3.63, 3.8) is 0 Å². The first-order valence-electron chi connectivity index (χ1n) is 8.52. The van der Waals surface area contributed by atoms with Crippen LogP contribution in [0.25, 0.3) is 10.3 Å². The SMILES string of the molecule is COc1nc2[nH]c(C(=O)NC3CC[Si]4(CCCC4)CC3)cc2s1. The number of ether oxygens (including phenoxy) is 1. The first-order chi connectivity index (χ1) is 11.2. The molecule has 2 aliphatic heterocycles. The van der Waals surface area contributed by atoms with Crippen molar-refractivity contribution in [3.05, 3.63) is 11.8 Å². The lowest BCUT2D eigenvalue weighted by atomic mass is 10.1. The molecule has 2 aliphatic rings. The molecule has 4 rings (SSSR count). The molecule has 2 aromatic heterocycles. The Hall–Kier alpha value is -1.34. The molecule has 23 heavy (non-hydrogen) atoms. The van der Waals surface area contributed by atoms with Crippen LogP contribution in [-0.2, 0) is 0 Å². The van der Waals surface area contributed by atoms with Crippen molar-refractivity contribution in [2.75, 3.05) is 7.11 Å². The molecule has 0 saturated carbocycles. The predicted octanol–water partition coefficient (Wildman–Crippen LogP) is 3.77. The maximum absolute atomic E-state index is 12.5. The van der Waals surface area contributed by atoms with Crippen molar-refractivity contribution in [1.29, 1.82) is 0 Å². The number of rotatable bonds is 3. The van der Waals surface area contributed by atoms with Crippen LogP contribution in [0.15, 0.2) is 6.07 Å². The van der Waals surface area contributed by atoms with Crippen LogP contribution in [0.2, 0.25) is 24.2 Å². The summed E-state index contributed by atoms with van der Waals surface area (Å²) in [6.45, 7) is 0. The van der Waals surface area contributed by atoms with Gasteiger partial charge in [-0.15, -0.1) is 0 Å². The Labute approximate surface area is 140 Å². The zero-order valence-corrected chi connectivity index (χ0v) is 15.3. The highest BCUT2D eigenvalue weighted by molar-refractivity contribution is 7.20. The minimum Gasteiger partial charge on any atom is -0.473 e. The topological polar surface area (TPSA) is 67.0 Å². The van der Waals surface area contributed by atoms with Gasteiger partial charge in [0.1, 0.15) is 5.69 Å². The van der Waals surface area contributed by atoms with Gasteiger partial charge < -0.3 is 15.0 Å². The van der Waals surface area contributed by atoms with Gasteiger partial charge in [-0.05, 0) is 18.9 Å². The Morgan fingerprint density at radius 1 is 1.35 bits per heavy atom. The average molecular weight is 350 g/mol. The molecule has 0 atom stereocenters. The first kappa shape index (κ1) is 15.2. The second-order valence-electron chi connectivity index (χ2n) is 7.03. The second-order valence-corrected chi connectivity index (χ2v) is 13.0. The highest BCUT2D eigenvalue weighted by Gasteiger charge is 2.39. The fraction of sp³-hybridized carbons (Fsp3) is 0.625. The van der Waals surface area contributed by atoms with E-state index in [9.17, 15) is 4.79 Å². The van der Waals surface area contributed by atoms with Gasteiger partial charge in [-0.2, -0.15) is 4.98 Å². The van der Waals surface area contributed by atoms with Gasteiger partial charge in [0.25, 0.3) is 11.1 Å². The number of methoxy groups -OCH3 is 1. The summed E-state index contributed by atoms with van der Waals surface area (Å²) in [4.78, 5) is 19.9. The van der Waals surface area contributed by atoms with Crippen LogP contribution >= 0.6 is 11.3 Å². The number of nitrogens with zero attached hydrogens (tertiary/aromatic N) is 1. The van der Waals surface area contributed by atoms with E-state index in [4.69, 9.17) is 4.74 Å². The van der Waals surface area contributed by atoms with E-state index in [1.807, 2.05) is 6.07 Å². The highest BCUT2D eigenvalue weighted by Crippen LogP contribution is 2.42. The van der Waals surface area contributed by atoms with E-state index in [1.165, 1.54) is 61.2 Å². The molecule has 124 valence electrons. The first-order valence-corrected chi connectivity index (χ1v) is 12.2. The van der Waals surface area contributed by atoms with E-state index in [0.717, 1.165) is 10.3 Å². The number of aromatic nitrogens is 2. The van der Waals surface area contributed by atoms with Gasteiger partial charge in [0, 0.05) is 6.04 Å². The Kier molecular flexibility index (Phi) is 3.93. The number of hydrogen-bond donors (Lipinski definition) is 2. The Morgan fingerprint density at radius 3 is 2.74 bits per heavy atom. The quantitative estimate of drug-likeness (QED) is 0.829. The third kappa shape index (κ3) is 2.92. The van der Waals surface area contributed by atoms with Crippen LogP contribution in [-0.4, -0.2) is 37.1 Å². The lowest BCUT2D eigenvalue weighted by Crippen LogP contribution is -2.43. The molecule has 2 aromatic rings. The minimum absolute atomic E-state index is 0.00297. The Morgan fingerprint density at radius 2 is 2.09 bits per heavy atom. The molecular formula is C16H23N3O2SSi. The van der Waals surface area contributed by atoms with Gasteiger partial charge in [0.2, 0.25) is 0 Å². The molecule has 0 aromatic carbocycles. The van der Waals surface area contributed by atoms with E-state index in [1.54, 1.807) is 7.11 Å². The Balaban J connectivity index is 1.38. The molecule has 4 heterocycles. The van der Waals surface area contributed by atoms with Gasteiger partial charge in [-0.25, -0.2) is 0 Å². The van der Waals surface area contributed by atoms with Crippen LogP contribution in [0.3, 0.4) is 0 Å². The maximum atomic E-state index is 12.5. The molecule has 2 saturated heterocycles. The number of H-pyrrole nitrogens is 1. The monoisotopic (exact) mass is 349 g/mol. The second kappa shape index (κ2) is 5.94. The molecule has 0 aliphatic carbocycles. The number of thiazole rings is 1. The van der Waals surface area contributed by atoms with Crippen molar-refractivity contribution in [1.82, 2.24) is 15.3 Å². The number of aromatic amines is 1. The van der Waals surface area contributed by atoms with Gasteiger partial charge in [0.05, 0.1) is 19.9 Å². The summed E-state index contributed by atoms with van der Waals surface area (Å²) in [7, 11) is 0.707. The summed E-state index contributed by atoms with van der Waals surface area (Å²) >= 11 is 1.46. The molecule has 1 amide bonds. The molecular weight excluding hydrogens is 326 g/mol. The summed E-state index contributed by atoms with van der Waals surface area (Å²) in [5.41, 5.74) is 1.35. The average Bonchev–Trinajstić information content (AvgIpc) is 3.24. The number of nitrogens with one attached hydrogen (secondary N) is 2. The molecule has 0 bridgehead atoms. The van der Waals surface area contributed by atoms with Crippen LogP contribution in [0.5, 0.6) is 5.19 Å². The zero-order valence-electron chi connectivity index (χ0n) is 13.5. The van der Waals surface area contributed by atoms with Crippen molar-refractivity contribution in [2.45, 2.75) is 55.9 Å². The number of carbonyl (C=O) groups excluding carboxylic acids is 1. The van der Waals surface area contributed by atoms with Crippen molar-refractivity contribution in [2.24, 2.45) is 0 Å². The molecule has 0 unspecified atom stereocenters. The summed E-state index contributed by atoms with van der Waals surface area (Å²) in [6.07, 6.45) is 5.27. The summed E-state index contributed by atoms with van der Waals surface area (Å²) < 4.78 is 6.08. The van der Waals surface area contributed by atoms with Crippen LogP contribution in [0, 0.1) is 0 Å². The van der Waals surface area contributed by atoms with Crippen LogP contribution in [0.4, 0.5) is 0 Å². The minimum atomic E-state index is -0.899. The fourth-order valence-corrected chi connectivity index (χ4v) is 10.5. The predicted molar refractivity (Wildman–Crippen MR) is 95.2 cm³/mol. The van der Waals surface area contributed by atoms with Gasteiger partial charge in [-0.3, -0.25) is 4.79 Å². The summed E-state index contributed by atoms with van der Waals surface area (Å²) in [6, 6.07) is 8.13. The number of amides is 1. The van der Waals surface area contributed by atoms with E-state index in [-0.39, 0.29) is 5.91 Å². The number of carbonyl (C=O) groups is 1. The van der Waals surface area contributed by atoms with E-state index in [0.29, 0.717) is 16.9 Å². The third-order valence-electron chi connectivity index (χ3n) is 5.63. The molecule has 7 heteroatoms. The molecule has 2 N–H and O–H groups in total. The third-order valence-corrected chi connectivity index (χ3v) is 12.1. The standard InChI is InChI=1S/C16H23N3O2SSi/c1-21-16-19-14-13(22-16)10-12(18-14)15(20)17-11-4-8-23(9-5-11)6-2-3-7-23/h10-11,18H,2-9H2,1H3,(H,17,20). The molecule has 0 radical (unpaired) electrons. The van der Waals surface area contributed by atoms with Gasteiger partial charge in [0.15, 0.2) is 5.65 Å². The molecule has 2 fully saturated rings. The van der Waals surface area contributed by atoms with Crippen LogP contribution < -0.4 is 10.1 Å². The lowest BCUT2D eigenvalue weighted by Gasteiger charge is -2.35. The van der Waals surface area contributed by atoms with E-state index < -0.39 is 8.07 Å². The van der Waals surface area contributed by atoms with Crippen molar-refractivity contribution >= 4 is 35.7 Å². The molecule has 5 nitrogen and oxygen atoms in total. The normalized spacial score (nSPS) is 21.1. The van der Waals surface area contributed by atoms with Crippen molar-refractivity contribution < 1.29 is 9.53 Å². The van der Waals surface area contributed by atoms with Crippen LogP contribution in [0.1, 0.15) is 36.2 Å². The summed E-state index contributed by atoms with van der Waals surface area (Å²) in [5, 5.41) is 3.84. The van der Waals surface area contributed by atoms with E-state index in [2.05, 4.69) is 15.3 Å². The number of fused-ring (bicyclic) bond motifs is 1. The summed E-state index contributed by atoms with van der Waals surface area (Å²) in [5.74, 6) is 0.00297. The largest absolute Gasteiger partial charge is 0.473 e. The van der Waals surface area contributed by atoms with Gasteiger partial charge >= 0.3 is 0 Å². The highest BCUT2D eigenvalue weighted by atomic mass is 32.1. The fourth-order valence-electron chi connectivity index (χ4n) is 4.27. The maximum Gasteiger partial charge on any atom is 0.275 e. The number of hydrogen-bond acceptors (Lipinski definition) is 4. The Bertz CT molecular complexity index is 679. The zero-order chi connectivity index (χ0) is 15.9. The lowest BCUT2D eigenvalue weighted by molar-refractivity contribution is 0.0929. The molecule has 1 spiro atoms.